The van der Waals surface area contributed by atoms with Crippen molar-refractivity contribution in [2.24, 2.45) is 0 Å². The Morgan fingerprint density at radius 2 is 2.41 bits per heavy atom. The lowest BCUT2D eigenvalue weighted by Gasteiger charge is -2.26. The van der Waals surface area contributed by atoms with Crippen LogP contribution < -0.4 is 4.74 Å². The Hall–Kier alpha value is -0.850. The monoisotopic (exact) mass is 350 g/mol. The minimum atomic E-state index is -0.312. The predicted molar refractivity (Wildman–Crippen MR) is 68.5 cm³/mol. The smallest absolute Gasteiger partial charge is 0.302 e. The number of halogens is 2. The first-order valence-corrected chi connectivity index (χ1v) is 6.42. The quantitative estimate of drug-likeness (QED) is 0.608. The summed E-state index contributed by atoms with van der Waals surface area (Å²) in [7, 11) is 0. The van der Waals surface area contributed by atoms with E-state index in [0.29, 0.717) is 0 Å². The van der Waals surface area contributed by atoms with Crippen molar-refractivity contribution in [3.63, 3.8) is 0 Å². The Morgan fingerprint density at radius 3 is 3.12 bits per heavy atom. The number of esters is 1. The van der Waals surface area contributed by atoms with E-state index in [-0.39, 0.29) is 24.5 Å². The average molecular weight is 350 g/mol. The van der Waals surface area contributed by atoms with Gasteiger partial charge in [0.25, 0.3) is 0 Å². The van der Waals surface area contributed by atoms with Crippen molar-refractivity contribution < 1.29 is 18.7 Å². The van der Waals surface area contributed by atoms with E-state index in [1.807, 2.05) is 22.6 Å². The lowest BCUT2D eigenvalue weighted by atomic mass is 10.0. The van der Waals surface area contributed by atoms with E-state index in [2.05, 4.69) is 0 Å². The molecule has 0 saturated carbocycles. The molecule has 0 saturated heterocycles. The maximum absolute atomic E-state index is 13.2. The number of benzene rings is 1. The largest absolute Gasteiger partial charge is 0.485 e. The van der Waals surface area contributed by atoms with E-state index in [1.54, 1.807) is 0 Å². The minimum Gasteiger partial charge on any atom is -0.485 e. The Balaban J connectivity index is 2.10. The molecule has 3 nitrogen and oxygen atoms in total. The van der Waals surface area contributed by atoms with E-state index >= 15 is 0 Å². The summed E-state index contributed by atoms with van der Waals surface area (Å²) in [4.78, 5) is 10.7. The lowest BCUT2D eigenvalue weighted by molar-refractivity contribution is -0.143. The molecule has 92 valence electrons. The molecule has 0 fully saturated rings. The van der Waals surface area contributed by atoms with E-state index < -0.39 is 0 Å². The fourth-order valence-electron chi connectivity index (χ4n) is 1.80. The number of fused-ring (bicyclic) bond motifs is 1. The van der Waals surface area contributed by atoms with Crippen LogP contribution in [0.15, 0.2) is 12.1 Å². The van der Waals surface area contributed by atoms with Crippen molar-refractivity contribution in [2.75, 3.05) is 6.61 Å². The molecule has 0 aromatic heterocycles. The minimum absolute atomic E-state index is 0.134. The highest BCUT2D eigenvalue weighted by Gasteiger charge is 2.23. The van der Waals surface area contributed by atoms with Crippen molar-refractivity contribution in [3.8, 4) is 5.75 Å². The van der Waals surface area contributed by atoms with Crippen LogP contribution in [-0.2, 0) is 16.0 Å². The molecule has 1 aromatic rings. The molecular weight excluding hydrogens is 338 g/mol. The van der Waals surface area contributed by atoms with Crippen LogP contribution in [-0.4, -0.2) is 18.7 Å². The van der Waals surface area contributed by atoms with Gasteiger partial charge >= 0.3 is 5.97 Å². The first-order chi connectivity index (χ1) is 8.06. The Labute approximate surface area is 112 Å². The van der Waals surface area contributed by atoms with Gasteiger partial charge < -0.3 is 9.47 Å². The predicted octanol–water partition coefficient (Wildman–Crippen LogP) is 2.69. The number of ether oxygens (including phenoxy) is 2. The highest BCUT2D eigenvalue weighted by atomic mass is 127. The molecule has 0 bridgehead atoms. The van der Waals surface area contributed by atoms with Crippen LogP contribution in [0.5, 0.6) is 5.75 Å². The highest BCUT2D eigenvalue weighted by Crippen LogP contribution is 2.33. The summed E-state index contributed by atoms with van der Waals surface area (Å²) in [6, 6.07) is 2.94. The molecule has 0 aliphatic carbocycles. The van der Waals surface area contributed by atoms with Gasteiger partial charge in [-0.3, -0.25) is 4.79 Å². The fourth-order valence-corrected chi connectivity index (χ4v) is 2.57. The SMILES string of the molecule is CC(=O)OCC1CCc2cc(F)cc(I)c2O1. The van der Waals surface area contributed by atoms with E-state index in [9.17, 15) is 9.18 Å². The van der Waals surface area contributed by atoms with Crippen LogP contribution in [0.25, 0.3) is 0 Å². The normalized spacial score (nSPS) is 18.2. The summed E-state index contributed by atoms with van der Waals surface area (Å²) in [5.74, 6) is 0.166. The number of carbonyl (C=O) groups excluding carboxylic acids is 1. The number of hydrogen-bond acceptors (Lipinski definition) is 3. The van der Waals surface area contributed by atoms with Crippen LogP contribution in [0, 0.1) is 9.39 Å². The maximum Gasteiger partial charge on any atom is 0.302 e. The summed E-state index contributed by atoms with van der Waals surface area (Å²) in [6.07, 6.45) is 1.35. The third kappa shape index (κ3) is 3.08. The Morgan fingerprint density at radius 1 is 1.65 bits per heavy atom. The molecule has 5 heteroatoms. The third-order valence-corrected chi connectivity index (χ3v) is 3.38. The second-order valence-electron chi connectivity index (χ2n) is 3.96. The summed E-state index contributed by atoms with van der Waals surface area (Å²) in [6.45, 7) is 1.62. The van der Waals surface area contributed by atoms with Crippen molar-refractivity contribution >= 4 is 28.6 Å². The summed E-state index contributed by atoms with van der Waals surface area (Å²) < 4.78 is 24.6. The van der Waals surface area contributed by atoms with Crippen LogP contribution in [0.3, 0.4) is 0 Å². The molecule has 1 aliphatic rings. The molecule has 0 spiro atoms. The average Bonchev–Trinajstić information content (AvgIpc) is 2.26. The molecule has 2 rings (SSSR count). The number of hydrogen-bond donors (Lipinski definition) is 0. The zero-order chi connectivity index (χ0) is 12.4. The molecule has 1 atom stereocenters. The molecular formula is C12H12FIO3. The van der Waals surface area contributed by atoms with Crippen molar-refractivity contribution in [1.29, 1.82) is 0 Å². The molecule has 0 amide bonds. The number of rotatable bonds is 2. The highest BCUT2D eigenvalue weighted by molar-refractivity contribution is 14.1. The summed E-state index contributed by atoms with van der Waals surface area (Å²) in [5, 5.41) is 0. The third-order valence-electron chi connectivity index (χ3n) is 2.58. The first-order valence-electron chi connectivity index (χ1n) is 5.34. The van der Waals surface area contributed by atoms with Crippen LogP contribution >= 0.6 is 22.6 Å². The van der Waals surface area contributed by atoms with E-state index in [0.717, 1.165) is 27.7 Å². The summed E-state index contributed by atoms with van der Waals surface area (Å²) >= 11 is 2.05. The van der Waals surface area contributed by atoms with Crippen LogP contribution in [0.1, 0.15) is 18.9 Å². The standard InChI is InChI=1S/C12H12FIO3/c1-7(15)16-6-10-3-2-8-4-9(13)5-11(14)12(8)17-10/h4-5,10H,2-3,6H2,1H3. The zero-order valence-electron chi connectivity index (χ0n) is 9.33. The molecule has 0 N–H and O–H groups in total. The van der Waals surface area contributed by atoms with Gasteiger partial charge in [-0.05, 0) is 53.1 Å². The van der Waals surface area contributed by atoms with Gasteiger partial charge in [0.15, 0.2) is 0 Å². The van der Waals surface area contributed by atoms with Gasteiger partial charge in [-0.2, -0.15) is 0 Å². The van der Waals surface area contributed by atoms with E-state index in [4.69, 9.17) is 9.47 Å². The lowest BCUT2D eigenvalue weighted by Crippen LogP contribution is -2.29. The van der Waals surface area contributed by atoms with E-state index in [1.165, 1.54) is 19.1 Å². The molecule has 1 unspecified atom stereocenters. The maximum atomic E-state index is 13.2. The molecule has 1 aliphatic heterocycles. The number of carbonyl (C=O) groups is 1. The van der Waals surface area contributed by atoms with Crippen molar-refractivity contribution in [1.82, 2.24) is 0 Å². The van der Waals surface area contributed by atoms with Crippen LogP contribution in [0.2, 0.25) is 0 Å². The van der Waals surface area contributed by atoms with Gasteiger partial charge in [0.05, 0.1) is 3.57 Å². The second-order valence-corrected chi connectivity index (χ2v) is 5.12. The first kappa shape index (κ1) is 12.6. The van der Waals surface area contributed by atoms with Gasteiger partial charge in [0.2, 0.25) is 0 Å². The Bertz CT molecular complexity index is 448. The van der Waals surface area contributed by atoms with Crippen molar-refractivity contribution in [3.05, 3.63) is 27.1 Å². The fraction of sp³-hybridized carbons (Fsp3) is 0.417. The molecule has 1 aromatic carbocycles. The zero-order valence-corrected chi connectivity index (χ0v) is 11.5. The Kier molecular flexibility index (Phi) is 3.86. The van der Waals surface area contributed by atoms with Gasteiger partial charge in [-0.1, -0.05) is 0 Å². The molecule has 0 radical (unpaired) electrons. The topological polar surface area (TPSA) is 35.5 Å². The molecule has 1 heterocycles. The molecule has 17 heavy (non-hydrogen) atoms. The van der Waals surface area contributed by atoms with Crippen LogP contribution in [0.4, 0.5) is 4.39 Å². The second kappa shape index (κ2) is 5.20. The number of aryl methyl sites for hydroxylation is 1. The van der Waals surface area contributed by atoms with Crippen molar-refractivity contribution in [2.45, 2.75) is 25.9 Å². The summed E-state index contributed by atoms with van der Waals surface area (Å²) in [5.41, 5.74) is 0.883. The van der Waals surface area contributed by atoms with Gasteiger partial charge in [-0.25, -0.2) is 4.39 Å². The van der Waals surface area contributed by atoms with Gasteiger partial charge in [0, 0.05) is 6.92 Å². The van der Waals surface area contributed by atoms with Gasteiger partial charge in [-0.15, -0.1) is 0 Å². The van der Waals surface area contributed by atoms with Gasteiger partial charge in [0.1, 0.15) is 24.3 Å².